The standard InChI is InChI=1S/C23H35NS2/c1-3-4-5-6-7-8-9-10-11-12-19-25-26-23-20(2)15-13-16-21(23)22-17-14-18-24-22/h13-18,24H,3-12,19H2,1-2H3. The van der Waals surface area contributed by atoms with Gasteiger partial charge in [-0.05, 0) is 31.0 Å². The SMILES string of the molecule is CCCCCCCCCCCCSSc1c(C)cccc1-c1ccc[nH]1. The van der Waals surface area contributed by atoms with E-state index in [1.165, 1.54) is 91.7 Å². The Morgan fingerprint density at radius 1 is 0.808 bits per heavy atom. The van der Waals surface area contributed by atoms with Crippen molar-refractivity contribution < 1.29 is 0 Å². The van der Waals surface area contributed by atoms with E-state index in [2.05, 4.69) is 49.2 Å². The van der Waals surface area contributed by atoms with Crippen molar-refractivity contribution in [3.8, 4) is 11.3 Å². The summed E-state index contributed by atoms with van der Waals surface area (Å²) in [6.07, 6.45) is 16.1. The molecule has 1 nitrogen and oxygen atoms in total. The van der Waals surface area contributed by atoms with Gasteiger partial charge in [0.05, 0.1) is 0 Å². The molecule has 0 bridgehead atoms. The van der Waals surface area contributed by atoms with Crippen molar-refractivity contribution in [3.63, 3.8) is 0 Å². The van der Waals surface area contributed by atoms with E-state index < -0.39 is 0 Å². The van der Waals surface area contributed by atoms with E-state index in [9.17, 15) is 0 Å². The van der Waals surface area contributed by atoms with Crippen LogP contribution in [0.25, 0.3) is 11.3 Å². The first-order chi connectivity index (χ1) is 12.8. The van der Waals surface area contributed by atoms with Gasteiger partial charge in [0.25, 0.3) is 0 Å². The fourth-order valence-corrected chi connectivity index (χ4v) is 5.83. The van der Waals surface area contributed by atoms with Crippen LogP contribution in [0.2, 0.25) is 0 Å². The zero-order valence-corrected chi connectivity index (χ0v) is 18.2. The Morgan fingerprint density at radius 3 is 2.15 bits per heavy atom. The van der Waals surface area contributed by atoms with Gasteiger partial charge in [0.15, 0.2) is 0 Å². The van der Waals surface area contributed by atoms with Crippen LogP contribution in [0.15, 0.2) is 41.4 Å². The molecule has 0 radical (unpaired) electrons. The molecule has 0 amide bonds. The maximum absolute atomic E-state index is 3.34. The van der Waals surface area contributed by atoms with Crippen LogP contribution in [-0.2, 0) is 0 Å². The zero-order chi connectivity index (χ0) is 18.5. The Hall–Kier alpha value is -0.800. The van der Waals surface area contributed by atoms with E-state index in [0.717, 1.165) is 0 Å². The smallest absolute Gasteiger partial charge is 0.0465 e. The van der Waals surface area contributed by atoms with Crippen LogP contribution in [-0.4, -0.2) is 10.7 Å². The van der Waals surface area contributed by atoms with Crippen molar-refractivity contribution in [3.05, 3.63) is 42.1 Å². The molecule has 3 heteroatoms. The number of benzene rings is 1. The molecule has 0 spiro atoms. The first kappa shape index (κ1) is 21.5. The molecule has 144 valence electrons. The number of aromatic amines is 1. The molecule has 1 aromatic heterocycles. The van der Waals surface area contributed by atoms with E-state index in [-0.39, 0.29) is 0 Å². The molecule has 0 unspecified atom stereocenters. The third kappa shape index (κ3) is 7.84. The van der Waals surface area contributed by atoms with Crippen LogP contribution in [0.4, 0.5) is 0 Å². The Kier molecular flexibility index (Phi) is 11.1. The van der Waals surface area contributed by atoms with Gasteiger partial charge in [-0.15, -0.1) is 0 Å². The first-order valence-electron chi connectivity index (χ1n) is 10.4. The largest absolute Gasteiger partial charge is 0.361 e. The second-order valence-electron chi connectivity index (χ2n) is 7.12. The lowest BCUT2D eigenvalue weighted by Gasteiger charge is -2.10. The van der Waals surface area contributed by atoms with Gasteiger partial charge >= 0.3 is 0 Å². The second kappa shape index (κ2) is 13.4. The fourth-order valence-electron chi connectivity index (χ4n) is 3.22. The van der Waals surface area contributed by atoms with Gasteiger partial charge < -0.3 is 4.98 Å². The number of rotatable bonds is 14. The van der Waals surface area contributed by atoms with Crippen molar-refractivity contribution in [1.82, 2.24) is 4.98 Å². The van der Waals surface area contributed by atoms with Crippen LogP contribution in [0.3, 0.4) is 0 Å². The summed E-state index contributed by atoms with van der Waals surface area (Å²) < 4.78 is 0. The highest BCUT2D eigenvalue weighted by atomic mass is 33.1. The fraction of sp³-hybridized carbons (Fsp3) is 0.565. The van der Waals surface area contributed by atoms with Crippen molar-refractivity contribution >= 4 is 21.6 Å². The molecule has 1 aromatic carbocycles. The predicted octanol–water partition coefficient (Wildman–Crippen LogP) is 8.65. The average Bonchev–Trinajstić information content (AvgIpc) is 3.18. The third-order valence-corrected chi connectivity index (χ3v) is 7.46. The Labute approximate surface area is 168 Å². The lowest BCUT2D eigenvalue weighted by atomic mass is 10.1. The minimum absolute atomic E-state index is 1.22. The van der Waals surface area contributed by atoms with Crippen LogP contribution >= 0.6 is 21.6 Å². The number of aromatic nitrogens is 1. The highest BCUT2D eigenvalue weighted by Crippen LogP contribution is 2.40. The third-order valence-electron chi connectivity index (χ3n) is 4.82. The van der Waals surface area contributed by atoms with Crippen molar-refractivity contribution in [1.29, 1.82) is 0 Å². The van der Waals surface area contributed by atoms with Gasteiger partial charge in [-0.25, -0.2) is 0 Å². The summed E-state index contributed by atoms with van der Waals surface area (Å²) in [5.41, 5.74) is 3.92. The lowest BCUT2D eigenvalue weighted by molar-refractivity contribution is 0.563. The van der Waals surface area contributed by atoms with E-state index in [1.54, 1.807) is 0 Å². The minimum atomic E-state index is 1.22. The Balaban J connectivity index is 1.58. The summed E-state index contributed by atoms with van der Waals surface area (Å²) in [5, 5.41) is 0. The molecular formula is C23H35NS2. The van der Waals surface area contributed by atoms with Crippen molar-refractivity contribution in [2.24, 2.45) is 0 Å². The quantitative estimate of drug-likeness (QED) is 0.257. The average molecular weight is 390 g/mol. The Morgan fingerprint density at radius 2 is 1.50 bits per heavy atom. The van der Waals surface area contributed by atoms with E-state index in [4.69, 9.17) is 0 Å². The van der Waals surface area contributed by atoms with Gasteiger partial charge in [0.1, 0.15) is 0 Å². The summed E-state index contributed by atoms with van der Waals surface area (Å²) in [5.74, 6) is 1.25. The molecule has 2 rings (SSSR count). The van der Waals surface area contributed by atoms with E-state index in [0.29, 0.717) is 0 Å². The molecule has 0 saturated heterocycles. The van der Waals surface area contributed by atoms with Crippen LogP contribution in [0.5, 0.6) is 0 Å². The predicted molar refractivity (Wildman–Crippen MR) is 121 cm³/mol. The highest BCUT2D eigenvalue weighted by Gasteiger charge is 2.09. The summed E-state index contributed by atoms with van der Waals surface area (Å²) in [4.78, 5) is 4.75. The minimum Gasteiger partial charge on any atom is -0.361 e. The molecule has 1 N–H and O–H groups in total. The molecule has 0 saturated carbocycles. The van der Waals surface area contributed by atoms with Crippen LogP contribution in [0, 0.1) is 6.92 Å². The molecule has 26 heavy (non-hydrogen) atoms. The topological polar surface area (TPSA) is 15.8 Å². The summed E-state index contributed by atoms with van der Waals surface area (Å²) in [6, 6.07) is 10.8. The highest BCUT2D eigenvalue weighted by molar-refractivity contribution is 8.76. The summed E-state index contributed by atoms with van der Waals surface area (Å²) in [7, 11) is 3.96. The second-order valence-corrected chi connectivity index (χ2v) is 9.55. The molecule has 0 aliphatic rings. The van der Waals surface area contributed by atoms with Crippen molar-refractivity contribution in [2.45, 2.75) is 83.0 Å². The number of hydrogen-bond acceptors (Lipinski definition) is 2. The molecule has 0 aliphatic heterocycles. The maximum Gasteiger partial charge on any atom is 0.0465 e. The zero-order valence-electron chi connectivity index (χ0n) is 16.6. The normalized spacial score (nSPS) is 11.2. The number of hydrogen-bond donors (Lipinski definition) is 1. The van der Waals surface area contributed by atoms with Gasteiger partial charge in [-0.2, -0.15) is 0 Å². The molecule has 0 atom stereocenters. The van der Waals surface area contributed by atoms with Crippen molar-refractivity contribution in [2.75, 3.05) is 5.75 Å². The number of aryl methyl sites for hydroxylation is 1. The monoisotopic (exact) mass is 389 g/mol. The van der Waals surface area contributed by atoms with Gasteiger partial charge in [0.2, 0.25) is 0 Å². The number of nitrogens with one attached hydrogen (secondary N) is 1. The van der Waals surface area contributed by atoms with E-state index in [1.807, 2.05) is 27.8 Å². The summed E-state index contributed by atoms with van der Waals surface area (Å²) in [6.45, 7) is 4.51. The number of unbranched alkanes of at least 4 members (excludes halogenated alkanes) is 9. The Bertz CT molecular complexity index is 592. The lowest BCUT2D eigenvalue weighted by Crippen LogP contribution is -1.86. The van der Waals surface area contributed by atoms with Gasteiger partial charge in [0, 0.05) is 28.1 Å². The first-order valence-corrected chi connectivity index (χ1v) is 12.7. The van der Waals surface area contributed by atoms with Crippen LogP contribution in [0.1, 0.15) is 76.7 Å². The summed E-state index contributed by atoms with van der Waals surface area (Å²) >= 11 is 0. The number of H-pyrrole nitrogens is 1. The molecular weight excluding hydrogens is 354 g/mol. The molecule has 1 heterocycles. The molecule has 2 aromatic rings. The van der Waals surface area contributed by atoms with Crippen LogP contribution < -0.4 is 0 Å². The molecule has 0 aliphatic carbocycles. The molecule has 0 fully saturated rings. The van der Waals surface area contributed by atoms with Gasteiger partial charge in [-0.1, -0.05) is 104 Å². The van der Waals surface area contributed by atoms with E-state index >= 15 is 0 Å². The maximum atomic E-state index is 3.34. The van der Waals surface area contributed by atoms with Gasteiger partial charge in [-0.3, -0.25) is 0 Å².